The fourth-order valence-electron chi connectivity index (χ4n) is 2.80. The van der Waals surface area contributed by atoms with Crippen LogP contribution in [0.25, 0.3) is 0 Å². The molecule has 0 aromatic heterocycles. The lowest BCUT2D eigenvalue weighted by atomic mass is 10.0. The highest BCUT2D eigenvalue weighted by molar-refractivity contribution is 6.14. The van der Waals surface area contributed by atoms with Gasteiger partial charge in [-0.3, -0.25) is 9.69 Å². The van der Waals surface area contributed by atoms with Crippen LogP contribution in [0.3, 0.4) is 0 Å². The van der Waals surface area contributed by atoms with E-state index >= 15 is 0 Å². The first-order valence-corrected chi connectivity index (χ1v) is 7.97. The first-order valence-electron chi connectivity index (χ1n) is 7.97. The van der Waals surface area contributed by atoms with Crippen molar-refractivity contribution in [3.63, 3.8) is 0 Å². The Bertz CT molecular complexity index is 970. The number of halogens is 1. The van der Waals surface area contributed by atoms with E-state index in [9.17, 15) is 19.1 Å². The number of carbonyl (C=O) groups is 2. The molecule has 5 heteroatoms. The van der Waals surface area contributed by atoms with Gasteiger partial charge in [-0.05, 0) is 42.8 Å². The van der Waals surface area contributed by atoms with Gasteiger partial charge in [0.25, 0.3) is 5.91 Å². The SMILES string of the molecule is Cc1cccc(C(=O)O)c1N(C(=O)c1ccccc1)c1ccccc1F. The molecule has 0 saturated carbocycles. The summed E-state index contributed by atoms with van der Waals surface area (Å²) in [6, 6.07) is 18.9. The number of hydrogen-bond donors (Lipinski definition) is 1. The standard InChI is InChI=1S/C21H16FNO3/c1-14-8-7-11-16(21(25)26)19(14)23(18-13-6-5-12-17(18)22)20(24)15-9-3-2-4-10-15/h2-13H,1H3,(H,25,26). The van der Waals surface area contributed by atoms with Crippen LogP contribution in [0.5, 0.6) is 0 Å². The molecule has 0 aliphatic heterocycles. The zero-order valence-corrected chi connectivity index (χ0v) is 14.0. The van der Waals surface area contributed by atoms with Crippen molar-refractivity contribution >= 4 is 23.3 Å². The summed E-state index contributed by atoms with van der Waals surface area (Å²) >= 11 is 0. The Morgan fingerprint density at radius 3 is 2.19 bits per heavy atom. The maximum Gasteiger partial charge on any atom is 0.337 e. The van der Waals surface area contributed by atoms with E-state index in [1.54, 1.807) is 55.5 Å². The van der Waals surface area contributed by atoms with Crippen LogP contribution in [0.4, 0.5) is 15.8 Å². The van der Waals surface area contributed by atoms with Gasteiger partial charge in [0.2, 0.25) is 0 Å². The molecular weight excluding hydrogens is 333 g/mol. The molecule has 130 valence electrons. The van der Waals surface area contributed by atoms with E-state index < -0.39 is 17.7 Å². The topological polar surface area (TPSA) is 57.6 Å². The maximum atomic E-state index is 14.5. The Balaban J connectivity index is 2.29. The lowest BCUT2D eigenvalue weighted by Crippen LogP contribution is -2.29. The first-order chi connectivity index (χ1) is 12.5. The summed E-state index contributed by atoms with van der Waals surface area (Å²) in [5, 5.41) is 9.58. The average Bonchev–Trinajstić information content (AvgIpc) is 2.65. The van der Waals surface area contributed by atoms with Gasteiger partial charge in [-0.15, -0.1) is 0 Å². The van der Waals surface area contributed by atoms with Gasteiger partial charge in [0.15, 0.2) is 0 Å². The minimum atomic E-state index is -1.19. The molecule has 0 aliphatic carbocycles. The molecule has 26 heavy (non-hydrogen) atoms. The predicted molar refractivity (Wildman–Crippen MR) is 97.4 cm³/mol. The van der Waals surface area contributed by atoms with E-state index in [0.29, 0.717) is 11.1 Å². The van der Waals surface area contributed by atoms with Crippen LogP contribution in [-0.2, 0) is 0 Å². The van der Waals surface area contributed by atoms with Gasteiger partial charge >= 0.3 is 5.97 Å². The van der Waals surface area contributed by atoms with Crippen molar-refractivity contribution in [3.05, 3.63) is 95.3 Å². The highest BCUT2D eigenvalue weighted by Crippen LogP contribution is 2.35. The zero-order valence-electron chi connectivity index (χ0n) is 14.0. The van der Waals surface area contributed by atoms with Crippen molar-refractivity contribution < 1.29 is 19.1 Å². The number of rotatable bonds is 4. The fourth-order valence-corrected chi connectivity index (χ4v) is 2.80. The lowest BCUT2D eigenvalue weighted by Gasteiger charge is -2.26. The second-order valence-corrected chi connectivity index (χ2v) is 5.73. The van der Waals surface area contributed by atoms with Gasteiger partial charge in [-0.1, -0.05) is 42.5 Å². The molecular formula is C21H16FNO3. The quantitative estimate of drug-likeness (QED) is 0.735. The number of nitrogens with zero attached hydrogens (tertiary/aromatic N) is 1. The van der Waals surface area contributed by atoms with Gasteiger partial charge in [-0.25, -0.2) is 9.18 Å². The number of amides is 1. The molecule has 1 amide bonds. The van der Waals surface area contributed by atoms with Crippen molar-refractivity contribution in [1.29, 1.82) is 0 Å². The molecule has 0 radical (unpaired) electrons. The molecule has 4 nitrogen and oxygen atoms in total. The first kappa shape index (κ1) is 17.4. The van der Waals surface area contributed by atoms with Crippen molar-refractivity contribution in [1.82, 2.24) is 0 Å². The molecule has 0 bridgehead atoms. The number of carboxylic acid groups (broad SMARTS) is 1. The minimum absolute atomic E-state index is 0.00171. The summed E-state index contributed by atoms with van der Waals surface area (Å²) in [5.74, 6) is -2.31. The summed E-state index contributed by atoms with van der Waals surface area (Å²) in [6.45, 7) is 1.69. The smallest absolute Gasteiger partial charge is 0.337 e. The molecule has 1 N–H and O–H groups in total. The number of hydrogen-bond acceptors (Lipinski definition) is 2. The summed E-state index contributed by atoms with van der Waals surface area (Å²) < 4.78 is 14.5. The Morgan fingerprint density at radius 1 is 0.885 bits per heavy atom. The molecule has 3 aromatic carbocycles. The highest BCUT2D eigenvalue weighted by Gasteiger charge is 2.27. The molecule has 0 spiro atoms. The third kappa shape index (κ3) is 3.19. The number of para-hydroxylation sites is 2. The molecule has 0 aliphatic rings. The van der Waals surface area contributed by atoms with Crippen LogP contribution in [0.1, 0.15) is 26.3 Å². The number of aromatic carboxylic acids is 1. The van der Waals surface area contributed by atoms with Crippen LogP contribution < -0.4 is 4.90 Å². The third-order valence-electron chi connectivity index (χ3n) is 4.01. The van der Waals surface area contributed by atoms with Crippen molar-refractivity contribution in [2.45, 2.75) is 6.92 Å². The predicted octanol–water partition coefficient (Wildman–Crippen LogP) is 4.81. The number of carbonyl (C=O) groups excluding carboxylic acids is 1. The average molecular weight is 349 g/mol. The number of benzene rings is 3. The van der Waals surface area contributed by atoms with Gasteiger partial charge < -0.3 is 5.11 Å². The third-order valence-corrected chi connectivity index (χ3v) is 4.01. The van der Waals surface area contributed by atoms with E-state index in [1.165, 1.54) is 24.3 Å². The highest BCUT2D eigenvalue weighted by atomic mass is 19.1. The Morgan fingerprint density at radius 2 is 1.54 bits per heavy atom. The summed E-state index contributed by atoms with van der Waals surface area (Å²) in [7, 11) is 0. The number of aryl methyl sites for hydroxylation is 1. The summed E-state index contributed by atoms with van der Waals surface area (Å²) in [5.41, 5.74) is 0.961. The van der Waals surface area contributed by atoms with Crippen LogP contribution in [0, 0.1) is 12.7 Å². The second kappa shape index (κ2) is 7.19. The van der Waals surface area contributed by atoms with Gasteiger partial charge in [0.1, 0.15) is 5.82 Å². The van der Waals surface area contributed by atoms with Crippen LogP contribution in [-0.4, -0.2) is 17.0 Å². The molecule has 0 unspecified atom stereocenters. The second-order valence-electron chi connectivity index (χ2n) is 5.73. The maximum absolute atomic E-state index is 14.5. The van der Waals surface area contributed by atoms with E-state index in [1.807, 2.05) is 0 Å². The molecule has 0 saturated heterocycles. The van der Waals surface area contributed by atoms with E-state index in [2.05, 4.69) is 0 Å². The van der Waals surface area contributed by atoms with Crippen molar-refractivity contribution in [2.24, 2.45) is 0 Å². The Kier molecular flexibility index (Phi) is 4.80. The Hall–Kier alpha value is -3.47. The number of anilines is 2. The van der Waals surface area contributed by atoms with Crippen molar-refractivity contribution in [2.75, 3.05) is 4.90 Å². The van der Waals surface area contributed by atoms with E-state index in [0.717, 1.165) is 4.90 Å². The minimum Gasteiger partial charge on any atom is -0.478 e. The summed E-state index contributed by atoms with van der Waals surface area (Å²) in [4.78, 5) is 26.0. The monoisotopic (exact) mass is 349 g/mol. The summed E-state index contributed by atoms with van der Waals surface area (Å²) in [6.07, 6.45) is 0. The van der Waals surface area contributed by atoms with E-state index in [4.69, 9.17) is 0 Å². The van der Waals surface area contributed by atoms with Crippen LogP contribution in [0.2, 0.25) is 0 Å². The molecule has 0 atom stereocenters. The van der Waals surface area contributed by atoms with Crippen LogP contribution in [0.15, 0.2) is 72.8 Å². The Labute approximate surface area is 150 Å². The fraction of sp³-hybridized carbons (Fsp3) is 0.0476. The van der Waals surface area contributed by atoms with Gasteiger partial charge in [0.05, 0.1) is 16.9 Å². The lowest BCUT2D eigenvalue weighted by molar-refractivity contribution is 0.0697. The molecule has 0 fully saturated rings. The van der Waals surface area contributed by atoms with Crippen molar-refractivity contribution in [3.8, 4) is 0 Å². The molecule has 3 rings (SSSR count). The zero-order chi connectivity index (χ0) is 18.7. The van der Waals surface area contributed by atoms with Gasteiger partial charge in [0, 0.05) is 5.56 Å². The molecule has 0 heterocycles. The van der Waals surface area contributed by atoms with E-state index in [-0.39, 0.29) is 16.9 Å². The van der Waals surface area contributed by atoms with Crippen LogP contribution >= 0.6 is 0 Å². The largest absolute Gasteiger partial charge is 0.478 e. The molecule has 3 aromatic rings. The normalized spacial score (nSPS) is 10.4. The van der Waals surface area contributed by atoms with Gasteiger partial charge in [-0.2, -0.15) is 0 Å². The number of carboxylic acids is 1.